The van der Waals surface area contributed by atoms with Crippen LogP contribution in [-0.2, 0) is 4.79 Å². The van der Waals surface area contributed by atoms with E-state index < -0.39 is 0 Å². The van der Waals surface area contributed by atoms with E-state index in [0.717, 1.165) is 36.5 Å². The van der Waals surface area contributed by atoms with Crippen molar-refractivity contribution in [3.63, 3.8) is 0 Å². The van der Waals surface area contributed by atoms with Gasteiger partial charge in [-0.15, -0.1) is 0 Å². The summed E-state index contributed by atoms with van der Waals surface area (Å²) in [6.07, 6.45) is 12.1. The first-order valence-electron chi connectivity index (χ1n) is 13.9. The molecule has 1 heterocycles. The van der Waals surface area contributed by atoms with Crippen molar-refractivity contribution in [2.24, 2.45) is 63.1 Å². The highest BCUT2D eigenvalue weighted by Crippen LogP contribution is 2.67. The van der Waals surface area contributed by atoms with Crippen molar-refractivity contribution in [3.05, 3.63) is 0 Å². The fraction of sp³-hybridized carbons (Fsp3) is 0.893. The lowest BCUT2D eigenvalue weighted by atomic mass is 9.45. The van der Waals surface area contributed by atoms with Gasteiger partial charge in [-0.2, -0.15) is 5.10 Å². The average Bonchev–Trinajstić information content (AvgIpc) is 3.04. The molecule has 0 spiro atoms. The van der Waals surface area contributed by atoms with Gasteiger partial charge in [0.2, 0.25) is 5.91 Å². The van der Waals surface area contributed by atoms with Gasteiger partial charge in [0.05, 0.1) is 0 Å². The first-order chi connectivity index (χ1) is 16.1. The molecule has 192 valence electrons. The van der Waals surface area contributed by atoms with Crippen molar-refractivity contribution >= 4 is 28.9 Å². The van der Waals surface area contributed by atoms with Crippen molar-refractivity contribution in [2.75, 3.05) is 6.54 Å². The lowest BCUT2D eigenvalue weighted by Gasteiger charge is -2.59. The van der Waals surface area contributed by atoms with E-state index in [4.69, 9.17) is 23.1 Å². The molecule has 4 rings (SSSR count). The largest absolute Gasteiger partial charge is 0.375 e. The number of hydrogen-bond acceptors (Lipinski definition) is 3. The Labute approximate surface area is 212 Å². The van der Waals surface area contributed by atoms with Crippen molar-refractivity contribution in [1.82, 2.24) is 10.7 Å². The molecular formula is C28H48N4OS. The fourth-order valence-electron chi connectivity index (χ4n) is 9.09. The molecule has 0 radical (unpaired) electrons. The molecule has 0 aromatic heterocycles. The third kappa shape index (κ3) is 4.77. The van der Waals surface area contributed by atoms with Crippen LogP contribution in [0.2, 0.25) is 0 Å². The minimum absolute atomic E-state index is 0.0983. The Bertz CT molecular complexity index is 812. The Balaban J connectivity index is 1.59. The second-order valence-electron chi connectivity index (χ2n) is 13.1. The van der Waals surface area contributed by atoms with Crippen LogP contribution in [0.25, 0.3) is 0 Å². The zero-order valence-electron chi connectivity index (χ0n) is 22.2. The van der Waals surface area contributed by atoms with Crippen LogP contribution in [0, 0.1) is 52.3 Å². The molecular weight excluding hydrogens is 440 g/mol. The first kappa shape index (κ1) is 25.9. The van der Waals surface area contributed by atoms with Gasteiger partial charge in [-0.1, -0.05) is 53.9 Å². The molecule has 1 saturated heterocycles. The smallest absolute Gasteiger partial charge is 0.220 e. The van der Waals surface area contributed by atoms with E-state index in [1.165, 1.54) is 50.7 Å². The molecule has 4 N–H and O–H groups in total. The van der Waals surface area contributed by atoms with Crippen LogP contribution >= 0.6 is 12.2 Å². The minimum Gasteiger partial charge on any atom is -0.375 e. The van der Waals surface area contributed by atoms with Gasteiger partial charge in [0.15, 0.2) is 5.11 Å². The number of nitrogens with two attached hydrogens (primary N) is 1. The van der Waals surface area contributed by atoms with Crippen molar-refractivity contribution in [2.45, 2.75) is 98.8 Å². The summed E-state index contributed by atoms with van der Waals surface area (Å²) >= 11 is 5.08. The van der Waals surface area contributed by atoms with E-state index >= 15 is 0 Å². The van der Waals surface area contributed by atoms with Crippen LogP contribution in [0.5, 0.6) is 0 Å². The predicted molar refractivity (Wildman–Crippen MR) is 144 cm³/mol. The Kier molecular flexibility index (Phi) is 7.67. The summed E-state index contributed by atoms with van der Waals surface area (Å²) in [5, 5.41) is 8.16. The van der Waals surface area contributed by atoms with Crippen molar-refractivity contribution in [3.8, 4) is 0 Å². The zero-order chi connectivity index (χ0) is 24.7. The number of fused-ring (bicyclic) bond motifs is 5. The number of amides is 1. The summed E-state index contributed by atoms with van der Waals surface area (Å²) in [7, 11) is 0. The fourth-order valence-corrected chi connectivity index (χ4v) is 9.13. The lowest BCUT2D eigenvalue weighted by Crippen LogP contribution is -2.56. The molecule has 4 aliphatic rings. The highest BCUT2D eigenvalue weighted by molar-refractivity contribution is 7.80. The Morgan fingerprint density at radius 2 is 1.88 bits per heavy atom. The van der Waals surface area contributed by atoms with E-state index in [2.05, 4.69) is 45.4 Å². The minimum atomic E-state index is 0.0983. The van der Waals surface area contributed by atoms with Gasteiger partial charge in [-0.3, -0.25) is 10.2 Å². The maximum atomic E-state index is 12.4. The van der Waals surface area contributed by atoms with Gasteiger partial charge in [0.1, 0.15) is 0 Å². The second-order valence-corrected chi connectivity index (χ2v) is 13.5. The third-order valence-electron chi connectivity index (χ3n) is 10.8. The number of nitrogens with one attached hydrogen (secondary N) is 2. The van der Waals surface area contributed by atoms with E-state index in [-0.39, 0.29) is 22.4 Å². The Hall–Kier alpha value is -1.17. The highest BCUT2D eigenvalue weighted by Gasteiger charge is 2.61. The predicted octanol–water partition coefficient (Wildman–Crippen LogP) is 5.63. The van der Waals surface area contributed by atoms with E-state index in [0.29, 0.717) is 30.2 Å². The second kappa shape index (κ2) is 10.1. The number of carbonyl (C=O) groups is 1. The van der Waals surface area contributed by atoms with Gasteiger partial charge in [0.25, 0.3) is 0 Å². The Morgan fingerprint density at radius 1 is 1.15 bits per heavy atom. The molecule has 1 amide bonds. The molecule has 6 heteroatoms. The Morgan fingerprint density at radius 3 is 2.59 bits per heavy atom. The van der Waals surface area contributed by atoms with Crippen LogP contribution in [-0.4, -0.2) is 23.3 Å². The molecule has 5 nitrogen and oxygen atoms in total. The van der Waals surface area contributed by atoms with Gasteiger partial charge in [0, 0.05) is 24.6 Å². The summed E-state index contributed by atoms with van der Waals surface area (Å²) in [5.74, 6) is 4.96. The molecule has 34 heavy (non-hydrogen) atoms. The highest BCUT2D eigenvalue weighted by atomic mass is 32.1. The van der Waals surface area contributed by atoms with Crippen molar-refractivity contribution < 1.29 is 4.79 Å². The quantitative estimate of drug-likeness (QED) is 0.334. The van der Waals surface area contributed by atoms with Gasteiger partial charge in [-0.05, 0) is 97.1 Å². The molecule has 1 aliphatic heterocycles. The number of carbonyl (C=O) groups excluding carboxylic acids is 1. The van der Waals surface area contributed by atoms with E-state index in [9.17, 15) is 4.79 Å². The summed E-state index contributed by atoms with van der Waals surface area (Å²) in [5.41, 5.74) is 10.4. The topological polar surface area (TPSA) is 79.5 Å². The maximum Gasteiger partial charge on any atom is 0.220 e. The number of hydrazone groups is 1. The molecule has 0 aromatic rings. The SMILES string of the molecule is CC(C)CCC[C@@H](C)[C@H]1CC[C@H]2[C@@H]3C/C(=N\NC(N)=S)C4CNC(=O)CC[C@]4(C)[C@H]3CC[C@]12C. The van der Waals surface area contributed by atoms with E-state index in [1.807, 2.05) is 0 Å². The van der Waals surface area contributed by atoms with E-state index in [1.54, 1.807) is 0 Å². The molecule has 3 aliphatic carbocycles. The molecule has 1 unspecified atom stereocenters. The van der Waals surface area contributed by atoms with Crippen LogP contribution in [0.15, 0.2) is 5.10 Å². The molecule has 8 atom stereocenters. The summed E-state index contributed by atoms with van der Waals surface area (Å²) in [6.45, 7) is 13.0. The van der Waals surface area contributed by atoms with Gasteiger partial charge < -0.3 is 11.1 Å². The monoisotopic (exact) mass is 488 g/mol. The average molecular weight is 489 g/mol. The van der Waals surface area contributed by atoms with Gasteiger partial charge >= 0.3 is 0 Å². The molecule has 3 saturated carbocycles. The zero-order valence-corrected chi connectivity index (χ0v) is 23.0. The number of hydrogen-bond donors (Lipinski definition) is 3. The van der Waals surface area contributed by atoms with Gasteiger partial charge in [-0.25, -0.2) is 0 Å². The number of thiocarbonyl (C=S) groups is 1. The maximum absolute atomic E-state index is 12.4. The molecule has 0 bridgehead atoms. The van der Waals surface area contributed by atoms with Crippen molar-refractivity contribution in [1.29, 1.82) is 0 Å². The summed E-state index contributed by atoms with van der Waals surface area (Å²) in [4.78, 5) is 12.4. The first-order valence-corrected chi connectivity index (χ1v) is 14.4. The lowest BCUT2D eigenvalue weighted by molar-refractivity contribution is -0.121. The normalized spacial score (nSPS) is 41.8. The number of nitrogens with zero attached hydrogens (tertiary/aromatic N) is 1. The molecule has 4 fully saturated rings. The summed E-state index contributed by atoms with van der Waals surface area (Å²) in [6, 6.07) is 0. The van der Waals surface area contributed by atoms with Crippen LogP contribution in [0.3, 0.4) is 0 Å². The van der Waals surface area contributed by atoms with Crippen LogP contribution in [0.1, 0.15) is 98.8 Å². The number of rotatable bonds is 6. The summed E-state index contributed by atoms with van der Waals surface area (Å²) < 4.78 is 0. The standard InChI is InChI=1S/C28H48N4OS/c1-17(2)7-6-8-18(3)20-9-10-21-19-15-24(31-32-26(29)34)23-16-30-25(33)12-14-28(23,5)22(19)11-13-27(20,21)4/h17-23H,6-16H2,1-5H3,(H,30,33)(H3,29,32,34)/b31-24+/t18-,19+,20-,21+,22+,23?,27-,28-/m1/s1. The molecule has 0 aromatic carbocycles. The van der Waals surface area contributed by atoms with Crippen LogP contribution < -0.4 is 16.5 Å². The third-order valence-corrected chi connectivity index (χ3v) is 10.9. The van der Waals surface area contributed by atoms with Crippen LogP contribution in [0.4, 0.5) is 0 Å².